The number of hydrogen-bond donors (Lipinski definition) is 0. The van der Waals surface area contributed by atoms with Crippen LogP contribution in [0.1, 0.15) is 24.5 Å². The van der Waals surface area contributed by atoms with Gasteiger partial charge >= 0.3 is 0 Å². The van der Waals surface area contributed by atoms with Crippen molar-refractivity contribution in [1.82, 2.24) is 9.80 Å². The normalized spacial score (nSPS) is 16.4. The first kappa shape index (κ1) is 18.3. The Morgan fingerprint density at radius 2 is 1.73 bits per heavy atom. The van der Waals surface area contributed by atoms with Gasteiger partial charge in [0.25, 0.3) is 0 Å². The summed E-state index contributed by atoms with van der Waals surface area (Å²) in [5.41, 5.74) is 3.04. The first-order valence-electron chi connectivity index (χ1n) is 9.11. The lowest BCUT2D eigenvalue weighted by molar-refractivity contribution is -0.125. The second-order valence-corrected chi connectivity index (χ2v) is 6.77. The van der Waals surface area contributed by atoms with E-state index in [0.29, 0.717) is 0 Å². The smallest absolute Gasteiger partial charge is 0.246 e. The van der Waals surface area contributed by atoms with E-state index in [1.54, 1.807) is 18.2 Å². The first-order chi connectivity index (χ1) is 12.6. The van der Waals surface area contributed by atoms with E-state index in [2.05, 4.69) is 29.2 Å². The minimum absolute atomic E-state index is 0.0355. The molecule has 1 amide bonds. The largest absolute Gasteiger partial charge is 0.338 e. The van der Waals surface area contributed by atoms with E-state index in [1.807, 2.05) is 17.9 Å². The van der Waals surface area contributed by atoms with Crippen molar-refractivity contribution in [3.05, 3.63) is 77.6 Å². The average molecular weight is 352 g/mol. The van der Waals surface area contributed by atoms with Gasteiger partial charge in [-0.3, -0.25) is 9.69 Å². The van der Waals surface area contributed by atoms with Crippen LogP contribution in [0.15, 0.2) is 60.7 Å². The molecule has 1 saturated heterocycles. The van der Waals surface area contributed by atoms with Gasteiger partial charge in [0.1, 0.15) is 5.82 Å². The Hall–Kier alpha value is -2.46. The van der Waals surface area contributed by atoms with Gasteiger partial charge in [-0.2, -0.15) is 0 Å². The van der Waals surface area contributed by atoms with Gasteiger partial charge in [-0.15, -0.1) is 0 Å². The molecule has 0 aromatic heterocycles. The minimum Gasteiger partial charge on any atom is -0.338 e. The highest BCUT2D eigenvalue weighted by Gasteiger charge is 2.18. The predicted molar refractivity (Wildman–Crippen MR) is 103 cm³/mol. The highest BCUT2D eigenvalue weighted by atomic mass is 19.1. The maximum Gasteiger partial charge on any atom is 0.246 e. The fourth-order valence-corrected chi connectivity index (χ4v) is 3.26. The fraction of sp³-hybridized carbons (Fsp3) is 0.318. The van der Waals surface area contributed by atoms with Crippen LogP contribution in [0, 0.1) is 5.82 Å². The number of halogens is 1. The van der Waals surface area contributed by atoms with Crippen molar-refractivity contribution < 1.29 is 9.18 Å². The molecule has 26 heavy (non-hydrogen) atoms. The number of carbonyl (C=O) groups excluding carboxylic acids is 1. The van der Waals surface area contributed by atoms with Crippen molar-refractivity contribution in [2.45, 2.75) is 19.9 Å². The van der Waals surface area contributed by atoms with E-state index in [9.17, 15) is 9.18 Å². The van der Waals surface area contributed by atoms with Crippen LogP contribution in [0.25, 0.3) is 5.57 Å². The van der Waals surface area contributed by atoms with Gasteiger partial charge in [0, 0.05) is 38.8 Å². The van der Waals surface area contributed by atoms with Crippen molar-refractivity contribution in [3.63, 3.8) is 0 Å². The summed E-state index contributed by atoms with van der Waals surface area (Å²) in [6.45, 7) is 6.21. The van der Waals surface area contributed by atoms with Crippen molar-refractivity contribution in [2.75, 3.05) is 26.2 Å². The molecule has 2 aromatic carbocycles. The Labute approximate surface area is 154 Å². The monoisotopic (exact) mass is 352 g/mol. The second kappa shape index (κ2) is 8.77. The molecule has 136 valence electrons. The summed E-state index contributed by atoms with van der Waals surface area (Å²) in [4.78, 5) is 16.9. The Bertz CT molecular complexity index is 755. The summed E-state index contributed by atoms with van der Waals surface area (Å²) in [5.74, 6) is -0.229. The van der Waals surface area contributed by atoms with Gasteiger partial charge in [-0.1, -0.05) is 42.5 Å². The van der Waals surface area contributed by atoms with E-state index in [0.717, 1.165) is 50.3 Å². The molecule has 3 nitrogen and oxygen atoms in total. The van der Waals surface area contributed by atoms with Crippen LogP contribution < -0.4 is 0 Å². The number of carbonyl (C=O) groups is 1. The molecule has 0 N–H and O–H groups in total. The fourth-order valence-electron chi connectivity index (χ4n) is 3.26. The van der Waals surface area contributed by atoms with Crippen molar-refractivity contribution in [3.8, 4) is 0 Å². The molecular weight excluding hydrogens is 327 g/mol. The van der Waals surface area contributed by atoms with E-state index in [4.69, 9.17) is 0 Å². The van der Waals surface area contributed by atoms with Gasteiger partial charge in [0.05, 0.1) is 0 Å². The third-order valence-corrected chi connectivity index (χ3v) is 4.79. The summed E-state index contributed by atoms with van der Waals surface area (Å²) in [6, 6.07) is 16.7. The molecule has 0 radical (unpaired) electrons. The number of hydrogen-bond acceptors (Lipinski definition) is 2. The van der Waals surface area contributed by atoms with Gasteiger partial charge in [-0.05, 0) is 42.2 Å². The quantitative estimate of drug-likeness (QED) is 0.778. The average Bonchev–Trinajstić information content (AvgIpc) is 2.89. The maximum absolute atomic E-state index is 13.0. The summed E-state index contributed by atoms with van der Waals surface area (Å²) in [6.07, 6.45) is 2.64. The highest BCUT2D eigenvalue weighted by Crippen LogP contribution is 2.15. The zero-order valence-corrected chi connectivity index (χ0v) is 15.2. The van der Waals surface area contributed by atoms with E-state index >= 15 is 0 Å². The molecule has 3 rings (SSSR count). The third kappa shape index (κ3) is 5.02. The first-order valence-corrected chi connectivity index (χ1v) is 9.11. The maximum atomic E-state index is 13.0. The molecule has 0 saturated carbocycles. The number of allylic oxidation sites excluding steroid dienone is 1. The summed E-state index contributed by atoms with van der Waals surface area (Å²) >= 11 is 0. The lowest BCUT2D eigenvalue weighted by Gasteiger charge is -2.21. The van der Waals surface area contributed by atoms with Crippen LogP contribution >= 0.6 is 0 Å². The topological polar surface area (TPSA) is 23.6 Å². The van der Waals surface area contributed by atoms with Crippen LogP contribution in [-0.4, -0.2) is 41.9 Å². The van der Waals surface area contributed by atoms with Crippen molar-refractivity contribution in [2.24, 2.45) is 0 Å². The molecule has 1 fully saturated rings. The van der Waals surface area contributed by atoms with Crippen molar-refractivity contribution >= 4 is 11.5 Å². The Balaban J connectivity index is 1.58. The molecule has 1 heterocycles. The SMILES string of the molecule is C/C(=C\C(=O)N1CCCN(Cc2ccccc2)CC1)c1ccc(F)cc1. The summed E-state index contributed by atoms with van der Waals surface area (Å²) < 4.78 is 13.0. The lowest BCUT2D eigenvalue weighted by Crippen LogP contribution is -2.34. The minimum atomic E-state index is -0.265. The van der Waals surface area contributed by atoms with Gasteiger partial charge < -0.3 is 4.90 Å². The van der Waals surface area contributed by atoms with Crippen molar-refractivity contribution in [1.29, 1.82) is 0 Å². The Morgan fingerprint density at radius 3 is 2.46 bits per heavy atom. The molecule has 0 aliphatic carbocycles. The molecule has 1 aliphatic heterocycles. The predicted octanol–water partition coefficient (Wildman–Crippen LogP) is 3.96. The zero-order chi connectivity index (χ0) is 18.4. The van der Waals surface area contributed by atoms with Crippen LogP contribution in [-0.2, 0) is 11.3 Å². The molecule has 2 aromatic rings. The molecule has 0 spiro atoms. The molecular formula is C22H25FN2O. The molecule has 4 heteroatoms. The third-order valence-electron chi connectivity index (χ3n) is 4.79. The summed E-state index contributed by atoms with van der Waals surface area (Å²) in [7, 11) is 0. The van der Waals surface area contributed by atoms with E-state index in [1.165, 1.54) is 17.7 Å². The van der Waals surface area contributed by atoms with Crippen LogP contribution in [0.2, 0.25) is 0 Å². The van der Waals surface area contributed by atoms with Crippen LogP contribution in [0.5, 0.6) is 0 Å². The lowest BCUT2D eigenvalue weighted by atomic mass is 10.1. The Kier molecular flexibility index (Phi) is 6.18. The summed E-state index contributed by atoms with van der Waals surface area (Å²) in [5, 5.41) is 0. The molecule has 0 bridgehead atoms. The van der Waals surface area contributed by atoms with Crippen LogP contribution in [0.3, 0.4) is 0 Å². The van der Waals surface area contributed by atoms with Crippen LogP contribution in [0.4, 0.5) is 4.39 Å². The number of rotatable bonds is 4. The standard InChI is InChI=1S/C22H25FN2O/c1-18(20-8-10-21(23)11-9-20)16-22(26)25-13-5-12-24(14-15-25)17-19-6-3-2-4-7-19/h2-4,6-11,16H,5,12-15,17H2,1H3/b18-16+. The van der Waals surface area contributed by atoms with Gasteiger partial charge in [-0.25, -0.2) is 4.39 Å². The Morgan fingerprint density at radius 1 is 1.00 bits per heavy atom. The molecule has 1 aliphatic rings. The van der Waals surface area contributed by atoms with Gasteiger partial charge in [0.2, 0.25) is 5.91 Å². The molecule has 0 atom stereocenters. The number of nitrogens with zero attached hydrogens (tertiary/aromatic N) is 2. The molecule has 0 unspecified atom stereocenters. The zero-order valence-electron chi connectivity index (χ0n) is 15.2. The van der Waals surface area contributed by atoms with Gasteiger partial charge in [0.15, 0.2) is 0 Å². The van der Waals surface area contributed by atoms with E-state index in [-0.39, 0.29) is 11.7 Å². The number of amides is 1. The van der Waals surface area contributed by atoms with E-state index < -0.39 is 0 Å². The number of benzene rings is 2. The highest BCUT2D eigenvalue weighted by molar-refractivity contribution is 5.94. The second-order valence-electron chi connectivity index (χ2n) is 6.77.